The summed E-state index contributed by atoms with van der Waals surface area (Å²) in [4.78, 5) is 0. The van der Waals surface area contributed by atoms with E-state index in [4.69, 9.17) is 11.5 Å². The van der Waals surface area contributed by atoms with Gasteiger partial charge < -0.3 is 11.5 Å². The zero-order chi connectivity index (χ0) is 14.0. The van der Waals surface area contributed by atoms with Gasteiger partial charge in [0.25, 0.3) is 0 Å². The predicted molar refractivity (Wildman–Crippen MR) is 70.4 cm³/mol. The van der Waals surface area contributed by atoms with Gasteiger partial charge in [0.15, 0.2) is 0 Å². The zero-order valence-electron chi connectivity index (χ0n) is 9.72. The largest absolute Gasteiger partial charge is 0.392 e. The summed E-state index contributed by atoms with van der Waals surface area (Å²) in [5.41, 5.74) is 12.5. The molecule has 0 amide bonds. The Morgan fingerprint density at radius 1 is 1.11 bits per heavy atom. The second-order valence-electron chi connectivity index (χ2n) is 3.87. The summed E-state index contributed by atoms with van der Waals surface area (Å²) in [6.45, 7) is 0. The average Bonchev–Trinajstić information content (AvgIpc) is 2.38. The van der Waals surface area contributed by atoms with E-state index < -0.39 is 11.7 Å². The second kappa shape index (κ2) is 5.05. The van der Waals surface area contributed by atoms with Gasteiger partial charge in [-0.2, -0.15) is 10.5 Å². The molecule has 0 saturated heterocycles. The number of hydrogen-bond donors (Lipinski definition) is 2. The molecule has 0 radical (unpaired) electrons. The Bertz CT molecular complexity index is 643. The SMILES string of the molecule is N#CC1=C(N)SC(N)=C(C#N)C1c1cccc(F)c1. The second-order valence-corrected chi connectivity index (χ2v) is 4.95. The maximum absolute atomic E-state index is 13.3. The molecule has 0 spiro atoms. The minimum absolute atomic E-state index is 0.223. The number of halogens is 1. The van der Waals surface area contributed by atoms with Crippen molar-refractivity contribution in [1.29, 1.82) is 10.5 Å². The molecule has 1 aromatic carbocycles. The first kappa shape index (κ1) is 13.0. The summed E-state index contributed by atoms with van der Waals surface area (Å²) in [6, 6.07) is 9.67. The van der Waals surface area contributed by atoms with Crippen molar-refractivity contribution in [3.05, 3.63) is 56.9 Å². The molecule has 1 heterocycles. The lowest BCUT2D eigenvalue weighted by molar-refractivity contribution is 0.625. The molecule has 0 fully saturated rings. The van der Waals surface area contributed by atoms with E-state index in [1.807, 2.05) is 12.1 Å². The van der Waals surface area contributed by atoms with Gasteiger partial charge in [0.1, 0.15) is 5.82 Å². The first-order valence-electron chi connectivity index (χ1n) is 5.31. The van der Waals surface area contributed by atoms with Crippen LogP contribution in [-0.2, 0) is 0 Å². The number of benzene rings is 1. The summed E-state index contributed by atoms with van der Waals surface area (Å²) in [5, 5.41) is 18.9. The van der Waals surface area contributed by atoms with E-state index in [0.29, 0.717) is 5.56 Å². The molecule has 6 heteroatoms. The molecule has 1 aromatic rings. The maximum Gasteiger partial charge on any atom is 0.123 e. The molecule has 2 rings (SSSR count). The first-order valence-corrected chi connectivity index (χ1v) is 6.13. The predicted octanol–water partition coefficient (Wildman–Crippen LogP) is 2.04. The van der Waals surface area contributed by atoms with Gasteiger partial charge in [0, 0.05) is 0 Å². The smallest absolute Gasteiger partial charge is 0.123 e. The van der Waals surface area contributed by atoms with E-state index in [-0.39, 0.29) is 21.2 Å². The van der Waals surface area contributed by atoms with Crippen molar-refractivity contribution in [2.45, 2.75) is 5.92 Å². The zero-order valence-corrected chi connectivity index (χ0v) is 10.5. The van der Waals surface area contributed by atoms with Crippen LogP contribution in [0.4, 0.5) is 4.39 Å². The molecule has 0 aromatic heterocycles. The summed E-state index contributed by atoms with van der Waals surface area (Å²) in [6.07, 6.45) is 0. The van der Waals surface area contributed by atoms with Crippen LogP contribution in [0.3, 0.4) is 0 Å². The molecule has 0 atom stereocenters. The summed E-state index contributed by atoms with van der Waals surface area (Å²) in [7, 11) is 0. The summed E-state index contributed by atoms with van der Waals surface area (Å²) >= 11 is 0.985. The maximum atomic E-state index is 13.3. The third-order valence-corrected chi connectivity index (χ3v) is 3.63. The van der Waals surface area contributed by atoms with Gasteiger partial charge in [-0.05, 0) is 17.7 Å². The van der Waals surface area contributed by atoms with Crippen molar-refractivity contribution in [1.82, 2.24) is 0 Å². The molecule has 19 heavy (non-hydrogen) atoms. The van der Waals surface area contributed by atoms with Crippen molar-refractivity contribution in [3.63, 3.8) is 0 Å². The van der Waals surface area contributed by atoms with Crippen LogP contribution < -0.4 is 11.5 Å². The van der Waals surface area contributed by atoms with E-state index in [9.17, 15) is 14.9 Å². The number of thioether (sulfide) groups is 1. The van der Waals surface area contributed by atoms with E-state index in [1.54, 1.807) is 6.07 Å². The molecule has 4 N–H and O–H groups in total. The van der Waals surface area contributed by atoms with Gasteiger partial charge in [0.2, 0.25) is 0 Å². The van der Waals surface area contributed by atoms with Crippen LogP contribution in [0.25, 0.3) is 0 Å². The third kappa shape index (κ3) is 2.26. The molecule has 0 unspecified atom stereocenters. The number of nitriles is 2. The van der Waals surface area contributed by atoms with Crippen molar-refractivity contribution in [2.75, 3.05) is 0 Å². The highest BCUT2D eigenvalue weighted by Gasteiger charge is 2.31. The fourth-order valence-corrected chi connectivity index (χ4v) is 2.70. The van der Waals surface area contributed by atoms with Gasteiger partial charge in [-0.25, -0.2) is 4.39 Å². The van der Waals surface area contributed by atoms with Crippen molar-refractivity contribution >= 4 is 11.8 Å². The van der Waals surface area contributed by atoms with Crippen molar-refractivity contribution in [3.8, 4) is 12.1 Å². The van der Waals surface area contributed by atoms with E-state index in [0.717, 1.165) is 11.8 Å². The van der Waals surface area contributed by atoms with Gasteiger partial charge in [-0.1, -0.05) is 23.9 Å². The van der Waals surface area contributed by atoms with Crippen molar-refractivity contribution < 1.29 is 4.39 Å². The molecular formula is C13H9FN4S. The Morgan fingerprint density at radius 2 is 1.68 bits per heavy atom. The standard InChI is InChI=1S/C13H9FN4S/c14-8-3-1-2-7(4-8)11-9(5-15)12(17)19-13(18)10(11)6-16/h1-4,11H,17-18H2. The lowest BCUT2D eigenvalue weighted by atomic mass is 9.86. The number of allylic oxidation sites excluding steroid dienone is 2. The van der Waals surface area contributed by atoms with Crippen LogP contribution in [0.2, 0.25) is 0 Å². The molecule has 0 aliphatic carbocycles. The minimum atomic E-state index is -0.702. The van der Waals surface area contributed by atoms with Crippen LogP contribution in [-0.4, -0.2) is 0 Å². The van der Waals surface area contributed by atoms with Crippen LogP contribution in [0.15, 0.2) is 45.5 Å². The fourth-order valence-electron chi connectivity index (χ4n) is 1.92. The normalized spacial score (nSPS) is 16.2. The molecular weight excluding hydrogens is 263 g/mol. The van der Waals surface area contributed by atoms with Gasteiger partial charge >= 0.3 is 0 Å². The highest BCUT2D eigenvalue weighted by Crippen LogP contribution is 2.42. The Balaban J connectivity index is 2.65. The lowest BCUT2D eigenvalue weighted by Crippen LogP contribution is -2.18. The Kier molecular flexibility index (Phi) is 3.46. The molecule has 94 valence electrons. The van der Waals surface area contributed by atoms with Gasteiger partial charge in [-0.15, -0.1) is 0 Å². The lowest BCUT2D eigenvalue weighted by Gasteiger charge is -2.23. The van der Waals surface area contributed by atoms with Gasteiger partial charge in [-0.3, -0.25) is 0 Å². The van der Waals surface area contributed by atoms with Crippen LogP contribution in [0, 0.1) is 28.5 Å². The quantitative estimate of drug-likeness (QED) is 0.815. The van der Waals surface area contributed by atoms with Crippen LogP contribution in [0.5, 0.6) is 0 Å². The number of nitrogens with two attached hydrogens (primary N) is 2. The van der Waals surface area contributed by atoms with Crippen LogP contribution in [0.1, 0.15) is 11.5 Å². The van der Waals surface area contributed by atoms with E-state index in [2.05, 4.69) is 0 Å². The summed E-state index contributed by atoms with van der Waals surface area (Å²) in [5.74, 6) is -1.14. The third-order valence-electron chi connectivity index (χ3n) is 2.75. The first-order chi connectivity index (χ1) is 9.08. The number of nitrogens with zero attached hydrogens (tertiary/aromatic N) is 2. The van der Waals surface area contributed by atoms with E-state index >= 15 is 0 Å². The Labute approximate surface area is 113 Å². The Hall–Kier alpha value is -2.44. The topological polar surface area (TPSA) is 99.6 Å². The monoisotopic (exact) mass is 272 g/mol. The average molecular weight is 272 g/mol. The van der Waals surface area contributed by atoms with Crippen LogP contribution >= 0.6 is 11.8 Å². The fraction of sp³-hybridized carbons (Fsp3) is 0.0769. The molecule has 1 aliphatic rings. The Morgan fingerprint density at radius 3 is 2.16 bits per heavy atom. The van der Waals surface area contributed by atoms with E-state index in [1.165, 1.54) is 18.2 Å². The molecule has 0 saturated carbocycles. The highest BCUT2D eigenvalue weighted by atomic mass is 32.2. The number of hydrogen-bond acceptors (Lipinski definition) is 5. The number of rotatable bonds is 1. The molecule has 1 aliphatic heterocycles. The van der Waals surface area contributed by atoms with Crippen molar-refractivity contribution in [2.24, 2.45) is 11.5 Å². The minimum Gasteiger partial charge on any atom is -0.392 e. The highest BCUT2D eigenvalue weighted by molar-refractivity contribution is 8.06. The van der Waals surface area contributed by atoms with Gasteiger partial charge in [0.05, 0.1) is 39.3 Å². The summed E-state index contributed by atoms with van der Waals surface area (Å²) < 4.78 is 13.3. The molecule has 4 nitrogen and oxygen atoms in total. The molecule has 0 bridgehead atoms.